The molecule has 1 aromatic carbocycles. The number of hydrogen-bond acceptors (Lipinski definition) is 7. The third kappa shape index (κ3) is 3.28. The molecule has 7 rings (SSSR count). The van der Waals surface area contributed by atoms with Crippen LogP contribution >= 0.6 is 11.3 Å². The summed E-state index contributed by atoms with van der Waals surface area (Å²) in [5.41, 5.74) is 3.12. The highest BCUT2D eigenvalue weighted by molar-refractivity contribution is 7.17. The van der Waals surface area contributed by atoms with Crippen molar-refractivity contribution < 1.29 is 14.0 Å². The maximum atomic E-state index is 15.0. The topological polar surface area (TPSA) is 94.0 Å². The molecule has 0 spiro atoms. The van der Waals surface area contributed by atoms with Gasteiger partial charge in [-0.15, -0.1) is 11.3 Å². The number of aromatic amines is 1. The van der Waals surface area contributed by atoms with E-state index in [1.165, 1.54) is 11.3 Å². The van der Waals surface area contributed by atoms with Crippen LogP contribution in [0.5, 0.6) is 0 Å². The van der Waals surface area contributed by atoms with E-state index in [2.05, 4.69) is 15.2 Å². The molecule has 0 aliphatic carbocycles. The number of anilines is 1. The van der Waals surface area contributed by atoms with Crippen LogP contribution in [0.25, 0.3) is 32.3 Å². The Bertz CT molecular complexity index is 1550. The van der Waals surface area contributed by atoms with Gasteiger partial charge >= 0.3 is 0 Å². The average molecular weight is 489 g/mol. The van der Waals surface area contributed by atoms with Crippen LogP contribution in [0.2, 0.25) is 0 Å². The molecular weight excluding hydrogens is 467 g/mol. The Balaban J connectivity index is 1.40. The second-order valence-corrected chi connectivity index (χ2v) is 10.1. The summed E-state index contributed by atoms with van der Waals surface area (Å²) in [5, 5.41) is 5.06. The van der Waals surface area contributed by atoms with Gasteiger partial charge in [-0.3, -0.25) is 19.8 Å². The van der Waals surface area contributed by atoms with Gasteiger partial charge in [0.25, 0.3) is 11.8 Å². The summed E-state index contributed by atoms with van der Waals surface area (Å²) in [5.74, 6) is -0.569. The van der Waals surface area contributed by atoms with Gasteiger partial charge in [0.1, 0.15) is 6.17 Å². The summed E-state index contributed by atoms with van der Waals surface area (Å²) in [7, 11) is 0. The van der Waals surface area contributed by atoms with Gasteiger partial charge in [-0.05, 0) is 23.9 Å². The number of thiophene rings is 1. The molecule has 2 saturated heterocycles. The molecule has 2 atom stereocenters. The third-order valence-corrected chi connectivity index (χ3v) is 8.00. The van der Waals surface area contributed by atoms with E-state index < -0.39 is 18.0 Å². The number of piperidine rings is 1. The van der Waals surface area contributed by atoms with Gasteiger partial charge < -0.3 is 9.88 Å². The highest BCUT2D eigenvalue weighted by atomic mass is 32.1. The number of rotatable bonds is 4. The Labute approximate surface area is 203 Å². The molecule has 2 unspecified atom stereocenters. The maximum Gasteiger partial charge on any atom is 0.261 e. The van der Waals surface area contributed by atoms with E-state index >= 15 is 4.39 Å². The molecule has 0 saturated carbocycles. The largest absolute Gasteiger partial charge is 0.360 e. The first-order chi connectivity index (χ1) is 17.1. The van der Waals surface area contributed by atoms with Crippen LogP contribution in [-0.2, 0) is 9.59 Å². The minimum atomic E-state index is -0.997. The van der Waals surface area contributed by atoms with Crippen molar-refractivity contribution in [1.82, 2.24) is 25.2 Å². The number of hydrogen-bond donors (Lipinski definition) is 2. The lowest BCUT2D eigenvalue weighted by atomic mass is 9.98. The van der Waals surface area contributed by atoms with Gasteiger partial charge in [-0.2, -0.15) is 0 Å². The molecule has 0 radical (unpaired) electrons. The van der Waals surface area contributed by atoms with Crippen LogP contribution < -0.4 is 10.2 Å². The summed E-state index contributed by atoms with van der Waals surface area (Å²) < 4.78 is 15.9. The third-order valence-electron chi connectivity index (χ3n) is 7.05. The number of imide groups is 1. The highest BCUT2D eigenvalue weighted by Crippen LogP contribution is 2.39. The van der Waals surface area contributed by atoms with Gasteiger partial charge in [-0.25, -0.2) is 14.4 Å². The van der Waals surface area contributed by atoms with E-state index in [4.69, 9.17) is 9.97 Å². The van der Waals surface area contributed by atoms with Crippen LogP contribution in [0.3, 0.4) is 0 Å². The number of amides is 2. The summed E-state index contributed by atoms with van der Waals surface area (Å²) in [6.45, 7) is 2.74. The fraction of sp³-hybridized carbons (Fsp3) is 0.280. The van der Waals surface area contributed by atoms with E-state index in [1.54, 1.807) is 6.20 Å². The molecule has 2 N–H and O–H groups in total. The zero-order chi connectivity index (χ0) is 23.7. The normalized spacial score (nSPS) is 23.1. The lowest BCUT2D eigenvalue weighted by Gasteiger charge is -2.35. The smallest absolute Gasteiger partial charge is 0.261 e. The quantitative estimate of drug-likeness (QED) is 0.339. The number of para-hydroxylation sites is 1. The number of carbonyl (C=O) groups excluding carboxylic acids is 2. The van der Waals surface area contributed by atoms with Crippen molar-refractivity contribution in [2.24, 2.45) is 0 Å². The first-order valence-corrected chi connectivity index (χ1v) is 12.5. The van der Waals surface area contributed by atoms with Crippen molar-refractivity contribution in [2.75, 3.05) is 31.1 Å². The van der Waals surface area contributed by atoms with Gasteiger partial charge in [0.2, 0.25) is 5.95 Å². The fourth-order valence-corrected chi connectivity index (χ4v) is 6.12. The number of halogens is 1. The predicted octanol–water partition coefficient (Wildman–Crippen LogP) is 2.97. The van der Waals surface area contributed by atoms with E-state index in [1.807, 2.05) is 40.6 Å². The molecule has 0 bridgehead atoms. The van der Waals surface area contributed by atoms with E-state index in [-0.39, 0.29) is 18.2 Å². The lowest BCUT2D eigenvalue weighted by Crippen LogP contribution is -2.48. The van der Waals surface area contributed by atoms with Crippen LogP contribution in [0.1, 0.15) is 17.7 Å². The summed E-state index contributed by atoms with van der Waals surface area (Å²) in [6, 6.07) is 9.29. The minimum absolute atomic E-state index is 0.0551. The zero-order valence-electron chi connectivity index (χ0n) is 18.6. The molecular formula is C25H21FN6O2S. The Morgan fingerprint density at radius 3 is 2.69 bits per heavy atom. The molecule has 2 amide bonds. The molecule has 8 nitrogen and oxygen atoms in total. The van der Waals surface area contributed by atoms with Crippen molar-refractivity contribution in [3.8, 4) is 0 Å². The maximum absolute atomic E-state index is 15.0. The van der Waals surface area contributed by atoms with Crippen LogP contribution in [0.4, 0.5) is 10.3 Å². The van der Waals surface area contributed by atoms with Crippen molar-refractivity contribution in [1.29, 1.82) is 0 Å². The molecule has 35 heavy (non-hydrogen) atoms. The number of nitrogens with one attached hydrogen (secondary N) is 2. The number of carbonyl (C=O) groups is 2. The molecule has 3 aromatic heterocycles. The molecule has 176 valence electrons. The molecule has 6 heterocycles. The Morgan fingerprint density at radius 1 is 1.03 bits per heavy atom. The van der Waals surface area contributed by atoms with Crippen LogP contribution in [0.15, 0.2) is 41.9 Å². The molecule has 10 heteroatoms. The number of nitrogens with zero attached hydrogens (tertiary/aromatic N) is 4. The second kappa shape index (κ2) is 7.69. The monoisotopic (exact) mass is 488 g/mol. The Hall–Kier alpha value is -3.63. The summed E-state index contributed by atoms with van der Waals surface area (Å²) in [6.07, 6.45) is 1.45. The number of aromatic nitrogens is 3. The molecule has 3 aliphatic heterocycles. The number of H-pyrrole nitrogens is 1. The van der Waals surface area contributed by atoms with E-state index in [0.29, 0.717) is 46.6 Å². The van der Waals surface area contributed by atoms with Crippen molar-refractivity contribution in [2.45, 2.75) is 18.6 Å². The van der Waals surface area contributed by atoms with Gasteiger partial charge in [-0.1, -0.05) is 18.2 Å². The number of fused-ring (bicyclic) bond motifs is 2. The Kier molecular flexibility index (Phi) is 4.55. The van der Waals surface area contributed by atoms with Crippen molar-refractivity contribution >= 4 is 61.4 Å². The summed E-state index contributed by atoms with van der Waals surface area (Å²) in [4.78, 5) is 42.8. The highest BCUT2D eigenvalue weighted by Gasteiger charge is 2.40. The van der Waals surface area contributed by atoms with Gasteiger partial charge in [0.05, 0.1) is 39.1 Å². The summed E-state index contributed by atoms with van der Waals surface area (Å²) >= 11 is 1.50. The van der Waals surface area contributed by atoms with Crippen molar-refractivity contribution in [3.05, 3.63) is 53.2 Å². The van der Waals surface area contributed by atoms with Crippen molar-refractivity contribution in [3.63, 3.8) is 0 Å². The van der Waals surface area contributed by atoms with Crippen LogP contribution in [-0.4, -0.2) is 70.1 Å². The molecule has 3 aliphatic rings. The lowest BCUT2D eigenvalue weighted by molar-refractivity contribution is -0.122. The number of alkyl halides is 1. The molecule has 4 aromatic rings. The van der Waals surface area contributed by atoms with E-state index in [9.17, 15) is 9.59 Å². The predicted molar refractivity (Wildman–Crippen MR) is 133 cm³/mol. The zero-order valence-corrected chi connectivity index (χ0v) is 19.4. The first-order valence-electron chi connectivity index (χ1n) is 11.6. The minimum Gasteiger partial charge on any atom is -0.360 e. The average Bonchev–Trinajstić information content (AvgIpc) is 3.34. The number of benzene rings is 1. The van der Waals surface area contributed by atoms with E-state index in [0.717, 1.165) is 23.3 Å². The fourth-order valence-electron chi connectivity index (χ4n) is 5.24. The SMILES string of the molecule is O=C1NC(=O)C(c2c[nH]c3ccsc23)=C1c1nc(N2CCC(N3CC3)C(F)C2)nc2ccccc12. The first kappa shape index (κ1) is 20.7. The second-order valence-electron chi connectivity index (χ2n) is 9.14. The Morgan fingerprint density at radius 2 is 1.86 bits per heavy atom. The van der Waals surface area contributed by atoms with Crippen LogP contribution in [0, 0.1) is 0 Å². The molecule has 2 fully saturated rings. The van der Waals surface area contributed by atoms with Gasteiger partial charge in [0, 0.05) is 42.8 Å². The van der Waals surface area contributed by atoms with Gasteiger partial charge in [0.15, 0.2) is 0 Å². The standard InChI is InChI=1S/C25H21FN6O2S/c26-15-12-32(7-5-18(15)31-8-9-31)25-28-16-4-2-1-3-13(16)21(29-25)20-19(23(33)30-24(20)34)14-11-27-17-6-10-35-22(14)17/h1-4,6,10-11,15,18,27H,5,7-9,12H2,(H,30,33,34).